The van der Waals surface area contributed by atoms with Crippen LogP contribution in [0.2, 0.25) is 5.02 Å². The zero-order valence-corrected chi connectivity index (χ0v) is 14.2. The first-order valence-electron chi connectivity index (χ1n) is 6.34. The Bertz CT molecular complexity index is 685. The third-order valence-electron chi connectivity index (χ3n) is 3.14. The van der Waals surface area contributed by atoms with Gasteiger partial charge < -0.3 is 4.90 Å². The van der Waals surface area contributed by atoms with Crippen molar-refractivity contribution in [2.75, 3.05) is 20.6 Å². The summed E-state index contributed by atoms with van der Waals surface area (Å²) in [5.74, 6) is 0. The lowest BCUT2D eigenvalue weighted by Crippen LogP contribution is -2.34. The van der Waals surface area contributed by atoms with Gasteiger partial charge in [0.1, 0.15) is 4.90 Å². The maximum Gasteiger partial charge on any atom is 0.242 e. The summed E-state index contributed by atoms with van der Waals surface area (Å²) >= 11 is 7.55. The highest BCUT2D eigenvalue weighted by atomic mass is 35.5. The Morgan fingerprint density at radius 2 is 2.00 bits per heavy atom. The van der Waals surface area contributed by atoms with Crippen molar-refractivity contribution in [3.8, 4) is 0 Å². The average molecular weight is 345 g/mol. The van der Waals surface area contributed by atoms with Gasteiger partial charge in [-0.15, -0.1) is 0 Å². The molecule has 1 N–H and O–H groups in total. The van der Waals surface area contributed by atoms with E-state index in [-0.39, 0.29) is 22.5 Å². The van der Waals surface area contributed by atoms with Crippen LogP contribution in [0.4, 0.5) is 0 Å². The van der Waals surface area contributed by atoms with E-state index in [2.05, 4.69) is 4.72 Å². The predicted molar refractivity (Wildman–Crippen MR) is 87.4 cm³/mol. The second-order valence-electron chi connectivity index (χ2n) is 4.82. The topological polar surface area (TPSA) is 49.4 Å². The molecule has 0 radical (unpaired) electrons. The molecule has 4 nitrogen and oxygen atoms in total. The Kier molecular flexibility index (Phi) is 5.40. The molecular weight excluding hydrogens is 328 g/mol. The van der Waals surface area contributed by atoms with Crippen molar-refractivity contribution in [1.82, 2.24) is 9.62 Å². The van der Waals surface area contributed by atoms with Crippen LogP contribution < -0.4 is 4.72 Å². The molecule has 0 bridgehead atoms. The summed E-state index contributed by atoms with van der Waals surface area (Å²) in [5.41, 5.74) is 1.09. The van der Waals surface area contributed by atoms with Gasteiger partial charge in [-0.05, 0) is 48.6 Å². The first-order valence-corrected chi connectivity index (χ1v) is 9.15. The Labute approximate surface area is 134 Å². The summed E-state index contributed by atoms with van der Waals surface area (Å²) in [6, 6.07) is 8.41. The molecule has 1 heterocycles. The van der Waals surface area contributed by atoms with Crippen LogP contribution in [0, 0.1) is 0 Å². The van der Waals surface area contributed by atoms with Crippen LogP contribution in [-0.4, -0.2) is 34.0 Å². The molecule has 0 aliphatic rings. The van der Waals surface area contributed by atoms with Crippen LogP contribution in [0.3, 0.4) is 0 Å². The van der Waals surface area contributed by atoms with Crippen molar-refractivity contribution < 1.29 is 8.42 Å². The smallest absolute Gasteiger partial charge is 0.242 e. The lowest BCUT2D eigenvalue weighted by atomic mass is 10.1. The molecule has 1 aromatic carbocycles. The largest absolute Gasteiger partial charge is 0.301 e. The monoisotopic (exact) mass is 344 g/mol. The van der Waals surface area contributed by atoms with Crippen molar-refractivity contribution in [3.05, 3.63) is 51.7 Å². The van der Waals surface area contributed by atoms with E-state index in [0.29, 0.717) is 0 Å². The number of hydrogen-bond acceptors (Lipinski definition) is 4. The van der Waals surface area contributed by atoms with Crippen LogP contribution in [0.1, 0.15) is 11.6 Å². The molecule has 2 rings (SSSR count). The summed E-state index contributed by atoms with van der Waals surface area (Å²) < 4.78 is 27.3. The van der Waals surface area contributed by atoms with Crippen LogP contribution in [0.25, 0.3) is 0 Å². The normalized spacial score (nSPS) is 13.5. The van der Waals surface area contributed by atoms with Crippen molar-refractivity contribution in [2.24, 2.45) is 0 Å². The van der Waals surface area contributed by atoms with Crippen LogP contribution in [0.5, 0.6) is 0 Å². The minimum absolute atomic E-state index is 0.0199. The number of hydrogen-bond donors (Lipinski definition) is 1. The molecule has 0 aliphatic carbocycles. The Morgan fingerprint density at radius 1 is 1.29 bits per heavy atom. The molecule has 1 unspecified atom stereocenters. The summed E-state index contributed by atoms with van der Waals surface area (Å²) in [5, 5.41) is 4.23. The molecule has 0 spiro atoms. The van der Waals surface area contributed by atoms with Gasteiger partial charge in [-0.25, -0.2) is 13.1 Å². The maximum atomic E-state index is 12.3. The summed E-state index contributed by atoms with van der Waals surface area (Å²) in [6.45, 7) is 0.289. The number of thiophene rings is 1. The first-order chi connectivity index (χ1) is 9.92. The second kappa shape index (κ2) is 6.89. The molecule has 2 aromatic rings. The molecule has 0 fully saturated rings. The lowest BCUT2D eigenvalue weighted by Gasteiger charge is -2.24. The molecule has 7 heteroatoms. The van der Waals surface area contributed by atoms with Crippen LogP contribution in [-0.2, 0) is 10.0 Å². The van der Waals surface area contributed by atoms with E-state index >= 15 is 0 Å². The second-order valence-corrected chi connectivity index (χ2v) is 7.74. The van der Waals surface area contributed by atoms with Gasteiger partial charge >= 0.3 is 0 Å². The van der Waals surface area contributed by atoms with Crippen LogP contribution >= 0.6 is 22.9 Å². The quantitative estimate of drug-likeness (QED) is 0.876. The van der Waals surface area contributed by atoms with E-state index in [1.807, 2.05) is 35.8 Å². The number of rotatable bonds is 6. The maximum absolute atomic E-state index is 12.3. The van der Waals surface area contributed by atoms with Gasteiger partial charge in [0.15, 0.2) is 0 Å². The lowest BCUT2D eigenvalue weighted by molar-refractivity contribution is 0.300. The van der Waals surface area contributed by atoms with Gasteiger partial charge in [-0.3, -0.25) is 0 Å². The van der Waals surface area contributed by atoms with Gasteiger partial charge in [-0.2, -0.15) is 11.3 Å². The highest BCUT2D eigenvalue weighted by Gasteiger charge is 2.21. The third kappa shape index (κ3) is 4.05. The van der Waals surface area contributed by atoms with Gasteiger partial charge in [0.25, 0.3) is 0 Å². The molecular formula is C14H17ClN2O2S2. The van der Waals surface area contributed by atoms with E-state index in [1.54, 1.807) is 29.5 Å². The number of likely N-dealkylation sites (N-methyl/N-ethyl adjacent to an activating group) is 1. The molecule has 114 valence electrons. The molecule has 1 atom stereocenters. The van der Waals surface area contributed by atoms with Crippen molar-refractivity contribution in [3.63, 3.8) is 0 Å². The van der Waals surface area contributed by atoms with Crippen LogP contribution in [0.15, 0.2) is 46.0 Å². The van der Waals surface area contributed by atoms with Crippen molar-refractivity contribution in [1.29, 1.82) is 0 Å². The third-order valence-corrected chi connectivity index (χ3v) is 5.77. The molecule has 1 aromatic heterocycles. The number of halogens is 1. The van der Waals surface area contributed by atoms with Gasteiger partial charge in [0.2, 0.25) is 10.0 Å². The highest BCUT2D eigenvalue weighted by molar-refractivity contribution is 7.89. The molecule has 0 amide bonds. The van der Waals surface area contributed by atoms with Gasteiger partial charge in [0.05, 0.1) is 5.02 Å². The van der Waals surface area contributed by atoms with E-state index < -0.39 is 10.0 Å². The fraction of sp³-hybridized carbons (Fsp3) is 0.286. The fourth-order valence-electron chi connectivity index (χ4n) is 1.99. The van der Waals surface area contributed by atoms with E-state index in [9.17, 15) is 8.42 Å². The van der Waals surface area contributed by atoms with Gasteiger partial charge in [0, 0.05) is 12.6 Å². The Hall–Kier alpha value is -0.920. The Balaban J connectivity index is 2.16. The van der Waals surface area contributed by atoms with E-state index in [4.69, 9.17) is 11.6 Å². The number of benzene rings is 1. The minimum Gasteiger partial charge on any atom is -0.301 e. The highest BCUT2D eigenvalue weighted by Crippen LogP contribution is 2.23. The van der Waals surface area contributed by atoms with Gasteiger partial charge in [-0.1, -0.05) is 23.7 Å². The fourth-order valence-corrected chi connectivity index (χ4v) is 4.25. The van der Waals surface area contributed by atoms with E-state index in [0.717, 1.165) is 5.56 Å². The van der Waals surface area contributed by atoms with Crippen molar-refractivity contribution in [2.45, 2.75) is 10.9 Å². The number of sulfonamides is 1. The van der Waals surface area contributed by atoms with E-state index in [1.165, 1.54) is 6.07 Å². The zero-order valence-electron chi connectivity index (χ0n) is 11.8. The number of nitrogens with one attached hydrogen (secondary N) is 1. The standard InChI is InChI=1S/C14H17ClN2O2S2/c1-17(2)13(11-7-8-20-10-11)9-16-21(18,19)14-6-4-3-5-12(14)15/h3-8,10,13,16H,9H2,1-2H3. The molecule has 0 saturated carbocycles. The molecule has 0 saturated heterocycles. The van der Waals surface area contributed by atoms with Crippen molar-refractivity contribution >= 4 is 33.0 Å². The molecule has 0 aliphatic heterocycles. The number of nitrogens with zero attached hydrogens (tertiary/aromatic N) is 1. The first kappa shape index (κ1) is 16.5. The zero-order chi connectivity index (χ0) is 15.5. The Morgan fingerprint density at radius 3 is 2.57 bits per heavy atom. The SMILES string of the molecule is CN(C)C(CNS(=O)(=O)c1ccccc1Cl)c1ccsc1. The molecule has 21 heavy (non-hydrogen) atoms. The summed E-state index contributed by atoms with van der Waals surface area (Å²) in [7, 11) is 0.230. The predicted octanol–water partition coefficient (Wildman–Crippen LogP) is 2.98. The summed E-state index contributed by atoms with van der Waals surface area (Å²) in [6.07, 6.45) is 0. The summed E-state index contributed by atoms with van der Waals surface area (Å²) in [4.78, 5) is 2.09. The minimum atomic E-state index is -3.62. The average Bonchev–Trinajstić information content (AvgIpc) is 2.92.